The van der Waals surface area contributed by atoms with Gasteiger partial charge in [0.2, 0.25) is 0 Å². The van der Waals surface area contributed by atoms with Gasteiger partial charge < -0.3 is 14.7 Å². The summed E-state index contributed by atoms with van der Waals surface area (Å²) in [6.45, 7) is 6.04. The number of piperidine rings is 1. The van der Waals surface area contributed by atoms with Crippen LogP contribution in [0, 0.1) is 6.92 Å². The maximum Gasteiger partial charge on any atom is 0.325 e. The molecule has 0 saturated carbocycles. The van der Waals surface area contributed by atoms with Gasteiger partial charge in [-0.3, -0.25) is 10.1 Å². The number of fused-ring (bicyclic) bond motifs is 1. The number of thioether (sulfide) groups is 1. The smallest absolute Gasteiger partial charge is 0.325 e. The van der Waals surface area contributed by atoms with E-state index >= 15 is 0 Å². The Hall–Kier alpha value is -2.06. The van der Waals surface area contributed by atoms with E-state index in [2.05, 4.69) is 40.2 Å². The van der Waals surface area contributed by atoms with Crippen molar-refractivity contribution >= 4 is 28.9 Å². The minimum atomic E-state index is -0.476. The van der Waals surface area contributed by atoms with Crippen LogP contribution in [0.3, 0.4) is 0 Å². The van der Waals surface area contributed by atoms with Crippen LogP contribution in [-0.2, 0) is 11.3 Å². The summed E-state index contributed by atoms with van der Waals surface area (Å²) in [7, 11) is 1.70. The zero-order valence-corrected chi connectivity index (χ0v) is 18.0. The summed E-state index contributed by atoms with van der Waals surface area (Å²) in [4.78, 5) is 35.7. The first-order valence-corrected chi connectivity index (χ1v) is 11.3. The Morgan fingerprint density at radius 3 is 2.76 bits per heavy atom. The Balaban J connectivity index is 1.50. The van der Waals surface area contributed by atoms with Gasteiger partial charge in [0.05, 0.1) is 0 Å². The minimum absolute atomic E-state index is 0.263. The van der Waals surface area contributed by atoms with Crippen LogP contribution in [-0.4, -0.2) is 76.4 Å². The Morgan fingerprint density at radius 1 is 1.21 bits per heavy atom. The van der Waals surface area contributed by atoms with Crippen molar-refractivity contribution in [2.75, 3.05) is 32.4 Å². The maximum absolute atomic E-state index is 12.7. The Labute approximate surface area is 176 Å². The van der Waals surface area contributed by atoms with Crippen molar-refractivity contribution in [1.29, 1.82) is 0 Å². The monoisotopic (exact) mass is 415 g/mol. The zero-order chi connectivity index (χ0) is 20.4. The number of amidine groups is 1. The molecule has 0 aromatic heterocycles. The van der Waals surface area contributed by atoms with Gasteiger partial charge in [-0.15, -0.1) is 0 Å². The van der Waals surface area contributed by atoms with Gasteiger partial charge in [-0.2, -0.15) is 0 Å². The van der Waals surface area contributed by atoms with Crippen molar-refractivity contribution in [2.45, 2.75) is 44.9 Å². The molecule has 3 aliphatic rings. The van der Waals surface area contributed by atoms with Crippen LogP contribution in [0.5, 0.6) is 0 Å². The highest BCUT2D eigenvalue weighted by atomic mass is 32.2. The number of hydrogen-bond donors (Lipinski definition) is 1. The third-order valence-electron chi connectivity index (χ3n) is 5.85. The lowest BCUT2D eigenvalue weighted by Gasteiger charge is -2.36. The van der Waals surface area contributed by atoms with E-state index < -0.39 is 12.2 Å². The van der Waals surface area contributed by atoms with Crippen LogP contribution >= 0.6 is 11.8 Å². The van der Waals surface area contributed by atoms with Gasteiger partial charge in [-0.25, -0.2) is 9.79 Å². The van der Waals surface area contributed by atoms with Gasteiger partial charge in [0.15, 0.2) is 17.4 Å². The molecule has 1 aromatic carbocycles. The van der Waals surface area contributed by atoms with E-state index in [-0.39, 0.29) is 11.9 Å². The average molecular weight is 416 g/mol. The molecule has 3 heterocycles. The van der Waals surface area contributed by atoms with E-state index in [0.29, 0.717) is 6.54 Å². The summed E-state index contributed by atoms with van der Waals surface area (Å²) < 4.78 is 0. The highest BCUT2D eigenvalue weighted by Crippen LogP contribution is 2.30. The zero-order valence-electron chi connectivity index (χ0n) is 17.1. The van der Waals surface area contributed by atoms with Crippen molar-refractivity contribution in [3.05, 3.63) is 35.4 Å². The molecular weight excluding hydrogens is 386 g/mol. The van der Waals surface area contributed by atoms with Gasteiger partial charge >= 0.3 is 6.03 Å². The lowest BCUT2D eigenvalue weighted by molar-refractivity contribution is -0.127. The molecule has 2 unspecified atom stereocenters. The number of hydrogen-bond acceptors (Lipinski definition) is 6. The first kappa shape index (κ1) is 20.2. The molecule has 1 N–H and O–H groups in total. The first-order chi connectivity index (χ1) is 14.0. The van der Waals surface area contributed by atoms with E-state index in [1.54, 1.807) is 18.8 Å². The van der Waals surface area contributed by atoms with E-state index in [4.69, 9.17) is 4.99 Å². The molecule has 29 heavy (non-hydrogen) atoms. The molecule has 0 spiro atoms. The lowest BCUT2D eigenvalue weighted by atomic mass is 10.1. The predicted molar refractivity (Wildman–Crippen MR) is 116 cm³/mol. The van der Waals surface area contributed by atoms with E-state index in [1.165, 1.54) is 42.8 Å². The van der Waals surface area contributed by atoms with Crippen molar-refractivity contribution in [3.63, 3.8) is 0 Å². The van der Waals surface area contributed by atoms with E-state index in [9.17, 15) is 9.59 Å². The van der Waals surface area contributed by atoms with Crippen LogP contribution in [0.2, 0.25) is 0 Å². The molecule has 2 saturated heterocycles. The maximum atomic E-state index is 12.7. The highest BCUT2D eigenvalue weighted by molar-refractivity contribution is 8.13. The summed E-state index contributed by atoms with van der Waals surface area (Å²) in [6, 6.07) is 7.46. The second-order valence-electron chi connectivity index (χ2n) is 8.04. The molecule has 0 bridgehead atoms. The number of nitrogens with zero attached hydrogens (tertiary/aromatic N) is 4. The quantitative estimate of drug-likeness (QED) is 0.799. The molecular formula is C21H29N5O2S. The molecule has 8 heteroatoms. The number of likely N-dealkylation sites (tertiary alicyclic amines) is 1. The van der Waals surface area contributed by atoms with Gasteiger partial charge in [-0.1, -0.05) is 48.0 Å². The number of urea groups is 1. The lowest BCUT2D eigenvalue weighted by Crippen LogP contribution is -2.63. The van der Waals surface area contributed by atoms with Crippen LogP contribution in [0.25, 0.3) is 0 Å². The van der Waals surface area contributed by atoms with Gasteiger partial charge in [0.25, 0.3) is 5.91 Å². The summed E-state index contributed by atoms with van der Waals surface area (Å²) in [5.41, 5.74) is 2.33. The summed E-state index contributed by atoms with van der Waals surface area (Å²) in [5, 5.41) is 3.33. The van der Waals surface area contributed by atoms with E-state index in [0.717, 1.165) is 23.0 Å². The Bertz CT molecular complexity index is 808. The molecule has 1 aromatic rings. The van der Waals surface area contributed by atoms with Gasteiger partial charge in [0, 0.05) is 25.9 Å². The summed E-state index contributed by atoms with van der Waals surface area (Å²) in [5.74, 6) is 0.670. The van der Waals surface area contributed by atoms with Crippen LogP contribution in [0.15, 0.2) is 29.3 Å². The molecule has 0 radical (unpaired) electrons. The van der Waals surface area contributed by atoms with Crippen molar-refractivity contribution in [1.82, 2.24) is 20.0 Å². The molecule has 3 aliphatic heterocycles. The summed E-state index contributed by atoms with van der Waals surface area (Å²) in [6.07, 6.45) is 3.43. The predicted octanol–water partition coefficient (Wildman–Crippen LogP) is 2.26. The SMILES string of the molecule is Cc1cccc(CN2C(SCCN3CCCCC3)=NC3C2C(=O)NC(=O)N3C)c1. The van der Waals surface area contributed by atoms with Crippen LogP contribution < -0.4 is 5.32 Å². The normalized spacial score (nSPS) is 25.1. The van der Waals surface area contributed by atoms with Gasteiger partial charge in [-0.05, 0) is 38.4 Å². The fourth-order valence-electron chi connectivity index (χ4n) is 4.24. The van der Waals surface area contributed by atoms with Crippen molar-refractivity contribution in [2.24, 2.45) is 4.99 Å². The molecule has 2 fully saturated rings. The minimum Gasteiger partial charge on any atom is -0.331 e. The number of amides is 3. The first-order valence-electron chi connectivity index (χ1n) is 10.4. The second-order valence-corrected chi connectivity index (χ2v) is 9.11. The number of aliphatic imine (C=N–C) groups is 1. The van der Waals surface area contributed by atoms with Gasteiger partial charge in [0.1, 0.15) is 0 Å². The molecule has 3 amide bonds. The van der Waals surface area contributed by atoms with E-state index in [1.807, 2.05) is 6.07 Å². The van der Waals surface area contributed by atoms with Crippen molar-refractivity contribution < 1.29 is 9.59 Å². The standard InChI is InChI=1S/C21H29N5O2S/c1-15-7-6-8-16(13-15)14-26-17-18(24(2)20(28)23-19(17)27)22-21(26)29-12-11-25-9-4-3-5-10-25/h6-8,13,17-18H,3-5,9-12,14H2,1-2H3,(H,23,27,28). The highest BCUT2D eigenvalue weighted by Gasteiger charge is 2.48. The largest absolute Gasteiger partial charge is 0.331 e. The summed E-state index contributed by atoms with van der Waals surface area (Å²) >= 11 is 1.70. The molecule has 2 atom stereocenters. The van der Waals surface area contributed by atoms with Crippen LogP contribution in [0.4, 0.5) is 4.79 Å². The number of nitrogens with one attached hydrogen (secondary N) is 1. The average Bonchev–Trinajstić information content (AvgIpc) is 3.06. The van der Waals surface area contributed by atoms with Crippen molar-refractivity contribution in [3.8, 4) is 0 Å². The number of imide groups is 1. The third kappa shape index (κ3) is 4.43. The molecule has 7 nitrogen and oxygen atoms in total. The number of carbonyl (C=O) groups excluding carboxylic acids is 2. The topological polar surface area (TPSA) is 68.2 Å². The number of likely N-dealkylation sites (N-methyl/N-ethyl adjacent to an activating group) is 1. The fraction of sp³-hybridized carbons (Fsp3) is 0.571. The van der Waals surface area contributed by atoms with Crippen LogP contribution in [0.1, 0.15) is 30.4 Å². The number of carbonyl (C=O) groups is 2. The Morgan fingerprint density at radius 2 is 2.00 bits per heavy atom. The molecule has 0 aliphatic carbocycles. The third-order valence-corrected chi connectivity index (χ3v) is 6.83. The Kier molecular flexibility index (Phi) is 6.10. The second kappa shape index (κ2) is 8.75. The molecule has 4 rings (SSSR count). The number of aryl methyl sites for hydroxylation is 1. The molecule has 156 valence electrons. The number of benzene rings is 1. The fourth-order valence-corrected chi connectivity index (χ4v) is 5.30. The number of rotatable bonds is 5.